The topological polar surface area (TPSA) is 58.9 Å². The summed E-state index contributed by atoms with van der Waals surface area (Å²) in [7, 11) is 2.92. The van der Waals surface area contributed by atoms with Crippen LogP contribution >= 0.6 is 70.5 Å². The largest absolute Gasteiger partial charge is 0.507 e. The van der Waals surface area contributed by atoms with Gasteiger partial charge in [0.25, 0.3) is 0 Å². The van der Waals surface area contributed by atoms with E-state index in [0.29, 0.717) is 21.9 Å². The van der Waals surface area contributed by atoms with Crippen LogP contribution in [-0.4, -0.2) is 27.6 Å². The van der Waals surface area contributed by atoms with Crippen molar-refractivity contribution in [2.75, 3.05) is 14.2 Å². The molecular formula is C38H26BBr3Cl2F4O4. The fraction of sp³-hybridized carbons (Fsp3) is 0.0526. The number of para-hydroxylation sites is 4. The van der Waals surface area contributed by atoms with Gasteiger partial charge in [0.15, 0.2) is 0 Å². The summed E-state index contributed by atoms with van der Waals surface area (Å²) in [5.41, 5.74) is 0.854. The summed E-state index contributed by atoms with van der Waals surface area (Å²) >= 11 is 21.3. The molecule has 2 N–H and O–H groups in total. The molecule has 6 rings (SSSR count). The maximum absolute atomic E-state index is 14.8. The van der Waals surface area contributed by atoms with E-state index < -0.39 is 23.3 Å². The fourth-order valence-corrected chi connectivity index (χ4v) is 5.75. The molecule has 0 amide bonds. The van der Waals surface area contributed by atoms with E-state index >= 15 is 0 Å². The van der Waals surface area contributed by atoms with Gasteiger partial charge < -0.3 is 19.7 Å². The van der Waals surface area contributed by atoms with Crippen LogP contribution in [-0.2, 0) is 0 Å². The molecule has 268 valence electrons. The number of rotatable bonds is 6. The number of methoxy groups -OCH3 is 2. The number of ether oxygens (including phenoxy) is 2. The van der Waals surface area contributed by atoms with Gasteiger partial charge in [0.1, 0.15) is 46.3 Å². The van der Waals surface area contributed by atoms with Crippen molar-refractivity contribution in [2.45, 2.75) is 0 Å². The Bertz CT molecular complexity index is 2190. The Labute approximate surface area is 332 Å². The number of hydrogen-bond donors (Lipinski definition) is 2. The maximum atomic E-state index is 14.8. The minimum atomic E-state index is -0.734. The minimum absolute atomic E-state index is 0.0226. The van der Waals surface area contributed by atoms with E-state index in [1.807, 2.05) is 0 Å². The zero-order valence-electron chi connectivity index (χ0n) is 27.1. The third-order valence-corrected chi connectivity index (χ3v) is 8.06. The van der Waals surface area contributed by atoms with E-state index in [0.717, 1.165) is 24.3 Å². The summed E-state index contributed by atoms with van der Waals surface area (Å²) < 4.78 is 69.3. The zero-order valence-corrected chi connectivity index (χ0v) is 33.4. The predicted octanol–water partition coefficient (Wildman–Crippen LogP) is 13.5. The molecule has 0 spiro atoms. The highest BCUT2D eigenvalue weighted by atomic mass is 79.9. The van der Waals surface area contributed by atoms with E-state index in [1.54, 1.807) is 54.6 Å². The first kappa shape index (κ1) is 41.1. The molecule has 0 aliphatic rings. The van der Waals surface area contributed by atoms with Crippen molar-refractivity contribution >= 4 is 73.7 Å². The minimum Gasteiger partial charge on any atom is -0.507 e. The van der Waals surface area contributed by atoms with Gasteiger partial charge in [0.2, 0.25) is 0 Å². The Morgan fingerprint density at radius 2 is 0.904 bits per heavy atom. The van der Waals surface area contributed by atoms with Gasteiger partial charge in [-0.1, -0.05) is 83.9 Å². The number of phenols is 2. The first-order chi connectivity index (χ1) is 24.8. The van der Waals surface area contributed by atoms with Gasteiger partial charge in [0.05, 0.1) is 24.3 Å². The Balaban J connectivity index is 0.000000212. The molecule has 0 aliphatic carbocycles. The Kier molecular flexibility index (Phi) is 14.9. The molecule has 0 fully saturated rings. The number of benzene rings is 6. The van der Waals surface area contributed by atoms with E-state index in [1.165, 1.54) is 44.6 Å². The van der Waals surface area contributed by atoms with Crippen molar-refractivity contribution in [1.29, 1.82) is 0 Å². The molecule has 0 radical (unpaired) electrons. The van der Waals surface area contributed by atoms with Crippen molar-refractivity contribution in [3.63, 3.8) is 0 Å². The van der Waals surface area contributed by atoms with Crippen LogP contribution in [0.5, 0.6) is 23.0 Å². The number of phenolic OH excluding ortho intramolecular Hbond substituents is 2. The second-order valence-electron chi connectivity index (χ2n) is 10.5. The first-order valence-electron chi connectivity index (χ1n) is 14.9. The SMILES string of the molecule is BrB(Br)Br.COc1ccccc1-c1c(F)ccc(F)c1-c1cccc(Cl)c1OC.Oc1ccccc1-c1c(F)ccc(F)c1-c1cccc(Cl)c1O. The summed E-state index contributed by atoms with van der Waals surface area (Å²) in [6, 6.07) is 26.3. The molecule has 0 saturated carbocycles. The van der Waals surface area contributed by atoms with E-state index in [9.17, 15) is 27.8 Å². The average molecular weight is 944 g/mol. The van der Waals surface area contributed by atoms with Gasteiger partial charge in [-0.15, -0.1) is 47.3 Å². The van der Waals surface area contributed by atoms with Crippen LogP contribution in [0.1, 0.15) is 0 Å². The van der Waals surface area contributed by atoms with E-state index in [-0.39, 0.29) is 58.8 Å². The van der Waals surface area contributed by atoms with E-state index in [4.69, 9.17) is 32.7 Å². The summed E-state index contributed by atoms with van der Waals surface area (Å²) in [5.74, 6) is -2.43. The number of aromatic hydroxyl groups is 2. The molecule has 0 heterocycles. The summed E-state index contributed by atoms with van der Waals surface area (Å²) in [5, 5.41) is 20.5. The number of halogens is 9. The summed E-state index contributed by atoms with van der Waals surface area (Å²) in [4.78, 5) is 0. The van der Waals surface area contributed by atoms with Crippen molar-refractivity contribution in [2.24, 2.45) is 0 Å². The number of hydrogen-bond acceptors (Lipinski definition) is 4. The quantitative estimate of drug-likeness (QED) is 0.129. The molecule has 6 aromatic rings. The van der Waals surface area contributed by atoms with Gasteiger partial charge in [0, 0.05) is 44.5 Å². The van der Waals surface area contributed by atoms with Gasteiger partial charge in [-0.05, 0) is 48.5 Å². The van der Waals surface area contributed by atoms with Gasteiger partial charge >= 0.3 is 3.18 Å². The monoisotopic (exact) mass is 940 g/mol. The molecule has 4 nitrogen and oxygen atoms in total. The molecule has 0 aliphatic heterocycles. The molecule has 0 unspecified atom stereocenters. The van der Waals surface area contributed by atoms with Crippen LogP contribution in [0.25, 0.3) is 44.5 Å². The highest BCUT2D eigenvalue weighted by Crippen LogP contribution is 2.46. The second-order valence-corrected chi connectivity index (χ2v) is 17.7. The Morgan fingerprint density at radius 1 is 0.500 bits per heavy atom. The lowest BCUT2D eigenvalue weighted by atomic mass is 9.92. The van der Waals surface area contributed by atoms with Crippen molar-refractivity contribution in [1.82, 2.24) is 0 Å². The average Bonchev–Trinajstić information content (AvgIpc) is 3.12. The standard InChI is InChI=1S/C20H15ClF2O2.C18H11ClF2O2.BBr3/c1-24-17-9-4-3-6-12(17)18-15(22)10-11-16(23)19(18)13-7-5-8-14(21)20(13)25-2;19-12-6-3-5-11(18(12)23)17-14(21)9-8-13(20)16(17)10-4-1-2-7-15(10)22;2-1(3)4/h3-11H,1-2H3;1-9,22-23H;. The van der Waals surface area contributed by atoms with Crippen LogP contribution < -0.4 is 9.47 Å². The molecule has 0 atom stereocenters. The fourth-order valence-electron chi connectivity index (χ4n) is 5.32. The first-order valence-corrected chi connectivity index (χ1v) is 18.4. The maximum Gasteiger partial charge on any atom is 0.369 e. The molecule has 6 aromatic carbocycles. The molecule has 52 heavy (non-hydrogen) atoms. The van der Waals surface area contributed by atoms with Crippen LogP contribution in [0.4, 0.5) is 17.6 Å². The molecule has 0 aromatic heterocycles. The van der Waals surface area contributed by atoms with Crippen molar-refractivity contribution < 1.29 is 37.2 Å². The third-order valence-electron chi connectivity index (χ3n) is 7.45. The Morgan fingerprint density at radius 3 is 1.42 bits per heavy atom. The third kappa shape index (κ3) is 9.46. The van der Waals surface area contributed by atoms with E-state index in [2.05, 4.69) is 47.3 Å². The van der Waals surface area contributed by atoms with Gasteiger partial charge in [-0.25, -0.2) is 17.6 Å². The van der Waals surface area contributed by atoms with Crippen molar-refractivity contribution in [3.8, 4) is 67.5 Å². The molecule has 0 bridgehead atoms. The molecular weight excluding hydrogens is 918 g/mol. The normalized spacial score (nSPS) is 10.4. The van der Waals surface area contributed by atoms with Crippen LogP contribution in [0.2, 0.25) is 10.0 Å². The molecule has 14 heteroatoms. The van der Waals surface area contributed by atoms with Crippen LogP contribution in [0, 0.1) is 23.3 Å². The van der Waals surface area contributed by atoms with Crippen LogP contribution in [0.3, 0.4) is 0 Å². The second kappa shape index (κ2) is 18.9. The van der Waals surface area contributed by atoms with Crippen molar-refractivity contribution in [3.05, 3.63) is 143 Å². The molecule has 0 saturated heterocycles. The Hall–Kier alpha value is -3.68. The zero-order chi connectivity index (χ0) is 38.1. The smallest absolute Gasteiger partial charge is 0.369 e. The van der Waals surface area contributed by atoms with Gasteiger partial charge in [-0.2, -0.15) is 0 Å². The highest BCUT2D eigenvalue weighted by molar-refractivity contribution is 9.69. The lowest BCUT2D eigenvalue weighted by molar-refractivity contribution is 0.415. The van der Waals surface area contributed by atoms with Gasteiger partial charge in [-0.3, -0.25) is 0 Å². The van der Waals surface area contributed by atoms with Crippen LogP contribution in [0.15, 0.2) is 109 Å². The summed E-state index contributed by atoms with van der Waals surface area (Å²) in [6.45, 7) is 0. The summed E-state index contributed by atoms with van der Waals surface area (Å²) in [6.07, 6.45) is 0. The lowest BCUT2D eigenvalue weighted by Gasteiger charge is -2.17. The lowest BCUT2D eigenvalue weighted by Crippen LogP contribution is -1.98. The predicted molar refractivity (Wildman–Crippen MR) is 213 cm³/mol. The highest BCUT2D eigenvalue weighted by Gasteiger charge is 2.24.